The number of aliphatic hydroxyl groups is 1. The Balaban J connectivity index is 3.08. The molecule has 1 aliphatic rings. The summed E-state index contributed by atoms with van der Waals surface area (Å²) in [5.74, 6) is -1.73. The number of rotatable bonds is 7. The first kappa shape index (κ1) is 20.4. The topological polar surface area (TPSA) is 89.9 Å². The number of aliphatic hydroxyl groups excluding tert-OH is 1. The van der Waals surface area contributed by atoms with Crippen LogP contribution in [0.1, 0.15) is 47.5 Å². The van der Waals surface area contributed by atoms with E-state index in [4.69, 9.17) is 9.47 Å². The zero-order chi connectivity index (χ0) is 18.4. The molecule has 0 aliphatic heterocycles. The van der Waals surface area contributed by atoms with E-state index in [-0.39, 0.29) is 23.8 Å². The largest absolute Gasteiger partial charge is 0.458 e. The molecule has 0 radical (unpaired) electrons. The Bertz CT molecular complexity index is 508. The SMILES string of the molecule is CC[C@H](C)CC(=O)O[C@H]1C(=O)C(CO)=C[C@H](OC(C)=O)[C@@H]1C(C)C. The Labute approximate surface area is 143 Å². The zero-order valence-corrected chi connectivity index (χ0v) is 15.1. The van der Waals surface area contributed by atoms with Crippen molar-refractivity contribution in [3.8, 4) is 0 Å². The van der Waals surface area contributed by atoms with Crippen LogP contribution >= 0.6 is 0 Å². The third-order valence-electron chi connectivity index (χ3n) is 4.38. The highest BCUT2D eigenvalue weighted by Gasteiger charge is 2.44. The first-order valence-corrected chi connectivity index (χ1v) is 8.43. The molecule has 1 aliphatic carbocycles. The number of ether oxygens (including phenoxy) is 2. The molecule has 0 spiro atoms. The van der Waals surface area contributed by atoms with Crippen LogP contribution in [0.25, 0.3) is 0 Å². The molecule has 0 saturated heterocycles. The molecule has 0 aromatic carbocycles. The molecule has 0 amide bonds. The van der Waals surface area contributed by atoms with Crippen LogP contribution in [-0.2, 0) is 23.9 Å². The average Bonchev–Trinajstić information content (AvgIpc) is 2.48. The van der Waals surface area contributed by atoms with Gasteiger partial charge >= 0.3 is 11.9 Å². The van der Waals surface area contributed by atoms with Crippen molar-refractivity contribution in [2.75, 3.05) is 6.61 Å². The van der Waals surface area contributed by atoms with E-state index in [1.54, 1.807) is 0 Å². The Hall–Kier alpha value is -1.69. The summed E-state index contributed by atoms with van der Waals surface area (Å²) >= 11 is 0. The van der Waals surface area contributed by atoms with Crippen LogP contribution < -0.4 is 0 Å². The van der Waals surface area contributed by atoms with Gasteiger partial charge in [-0.1, -0.05) is 34.1 Å². The zero-order valence-electron chi connectivity index (χ0n) is 15.1. The summed E-state index contributed by atoms with van der Waals surface area (Å²) in [6.45, 7) is 8.46. The standard InChI is InChI=1S/C18H28O6/c1-6-11(4)7-15(21)24-18-16(10(2)3)14(23-12(5)20)8-13(9-19)17(18)22/h8,10-11,14,16,18-19H,6-7,9H2,1-5H3/t11-,14-,16-,18+/m0/s1. The van der Waals surface area contributed by atoms with E-state index < -0.39 is 42.5 Å². The third kappa shape index (κ3) is 5.16. The third-order valence-corrected chi connectivity index (χ3v) is 4.38. The Morgan fingerprint density at radius 1 is 1.25 bits per heavy atom. The molecule has 0 fully saturated rings. The number of carbonyl (C=O) groups is 3. The second kappa shape index (κ2) is 8.97. The van der Waals surface area contributed by atoms with Gasteiger partial charge in [-0.3, -0.25) is 14.4 Å². The van der Waals surface area contributed by atoms with Gasteiger partial charge in [-0.15, -0.1) is 0 Å². The molecule has 0 aromatic rings. The molecular formula is C18H28O6. The van der Waals surface area contributed by atoms with Gasteiger partial charge in [-0.2, -0.15) is 0 Å². The van der Waals surface area contributed by atoms with Crippen molar-refractivity contribution in [2.45, 2.75) is 59.7 Å². The summed E-state index contributed by atoms with van der Waals surface area (Å²) in [6, 6.07) is 0. The molecular weight excluding hydrogens is 312 g/mol. The van der Waals surface area contributed by atoms with Crippen LogP contribution in [0, 0.1) is 17.8 Å². The van der Waals surface area contributed by atoms with Crippen LogP contribution in [0.15, 0.2) is 11.6 Å². The highest BCUT2D eigenvalue weighted by Crippen LogP contribution is 2.32. The minimum absolute atomic E-state index is 0.0591. The van der Waals surface area contributed by atoms with Crippen molar-refractivity contribution in [1.29, 1.82) is 0 Å². The lowest BCUT2D eigenvalue weighted by molar-refractivity contribution is -0.167. The van der Waals surface area contributed by atoms with Crippen molar-refractivity contribution >= 4 is 17.7 Å². The van der Waals surface area contributed by atoms with Gasteiger partial charge in [0.2, 0.25) is 5.78 Å². The maximum Gasteiger partial charge on any atom is 0.306 e. The van der Waals surface area contributed by atoms with Gasteiger partial charge in [-0.25, -0.2) is 0 Å². The number of hydrogen-bond donors (Lipinski definition) is 1. The van der Waals surface area contributed by atoms with Gasteiger partial charge < -0.3 is 14.6 Å². The van der Waals surface area contributed by atoms with Gasteiger partial charge in [-0.05, 0) is 17.9 Å². The lowest BCUT2D eigenvalue weighted by atomic mass is 9.77. The molecule has 0 heterocycles. The summed E-state index contributed by atoms with van der Waals surface area (Å²) in [4.78, 5) is 36.1. The summed E-state index contributed by atoms with van der Waals surface area (Å²) in [6.07, 6.45) is 0.774. The van der Waals surface area contributed by atoms with E-state index in [0.29, 0.717) is 0 Å². The highest BCUT2D eigenvalue weighted by atomic mass is 16.6. The lowest BCUT2D eigenvalue weighted by Crippen LogP contribution is -2.48. The Morgan fingerprint density at radius 3 is 2.33 bits per heavy atom. The molecule has 0 aromatic heterocycles. The summed E-state index contributed by atoms with van der Waals surface area (Å²) in [5.41, 5.74) is 0.111. The van der Waals surface area contributed by atoms with Gasteiger partial charge in [0.15, 0.2) is 6.10 Å². The van der Waals surface area contributed by atoms with E-state index in [0.717, 1.165) is 6.42 Å². The van der Waals surface area contributed by atoms with Crippen molar-refractivity contribution in [3.63, 3.8) is 0 Å². The molecule has 0 bridgehead atoms. The first-order chi connectivity index (χ1) is 11.2. The second-order valence-electron chi connectivity index (χ2n) is 6.74. The predicted octanol–water partition coefficient (Wildman–Crippen LogP) is 2.04. The van der Waals surface area contributed by atoms with Crippen LogP contribution in [-0.4, -0.2) is 41.6 Å². The number of hydrogen-bond acceptors (Lipinski definition) is 6. The molecule has 6 heteroatoms. The Morgan fingerprint density at radius 2 is 1.88 bits per heavy atom. The average molecular weight is 340 g/mol. The fourth-order valence-corrected chi connectivity index (χ4v) is 2.84. The quantitative estimate of drug-likeness (QED) is 0.713. The van der Waals surface area contributed by atoms with Crippen molar-refractivity contribution in [1.82, 2.24) is 0 Å². The maximum absolute atomic E-state index is 12.5. The molecule has 136 valence electrons. The number of carbonyl (C=O) groups excluding carboxylic acids is 3. The van der Waals surface area contributed by atoms with Gasteiger partial charge in [0.1, 0.15) is 6.10 Å². The number of esters is 2. The fraction of sp³-hybridized carbons (Fsp3) is 0.722. The van der Waals surface area contributed by atoms with Gasteiger partial charge in [0.05, 0.1) is 6.61 Å². The van der Waals surface area contributed by atoms with Gasteiger partial charge in [0.25, 0.3) is 0 Å². The van der Waals surface area contributed by atoms with Crippen LogP contribution in [0.2, 0.25) is 0 Å². The first-order valence-electron chi connectivity index (χ1n) is 8.43. The van der Waals surface area contributed by atoms with E-state index in [1.807, 2.05) is 27.7 Å². The number of Topliss-reactive ketones (excluding diaryl/α,β-unsaturated/α-hetero) is 1. The van der Waals surface area contributed by atoms with E-state index in [1.165, 1.54) is 13.0 Å². The van der Waals surface area contributed by atoms with Crippen molar-refractivity contribution in [2.24, 2.45) is 17.8 Å². The minimum Gasteiger partial charge on any atom is -0.458 e. The second-order valence-corrected chi connectivity index (χ2v) is 6.74. The molecule has 1 N–H and O–H groups in total. The van der Waals surface area contributed by atoms with Crippen molar-refractivity contribution in [3.05, 3.63) is 11.6 Å². The summed E-state index contributed by atoms with van der Waals surface area (Å²) < 4.78 is 10.8. The lowest BCUT2D eigenvalue weighted by Gasteiger charge is -2.37. The normalized spacial score (nSPS) is 25.2. The van der Waals surface area contributed by atoms with Crippen LogP contribution in [0.5, 0.6) is 0 Å². The molecule has 24 heavy (non-hydrogen) atoms. The molecule has 4 atom stereocenters. The minimum atomic E-state index is -1.04. The van der Waals surface area contributed by atoms with Crippen LogP contribution in [0.3, 0.4) is 0 Å². The highest BCUT2D eigenvalue weighted by molar-refractivity contribution is 6.01. The molecule has 1 rings (SSSR count). The molecule has 0 saturated carbocycles. The van der Waals surface area contributed by atoms with E-state index in [9.17, 15) is 19.5 Å². The fourth-order valence-electron chi connectivity index (χ4n) is 2.84. The van der Waals surface area contributed by atoms with E-state index >= 15 is 0 Å². The summed E-state index contributed by atoms with van der Waals surface area (Å²) in [5, 5.41) is 9.40. The maximum atomic E-state index is 12.5. The van der Waals surface area contributed by atoms with Crippen LogP contribution in [0.4, 0.5) is 0 Å². The van der Waals surface area contributed by atoms with Crippen molar-refractivity contribution < 1.29 is 29.0 Å². The number of ketones is 1. The predicted molar refractivity (Wildman–Crippen MR) is 88.0 cm³/mol. The Kier molecular flexibility index (Phi) is 7.60. The molecule has 6 nitrogen and oxygen atoms in total. The monoisotopic (exact) mass is 340 g/mol. The molecule has 0 unspecified atom stereocenters. The smallest absolute Gasteiger partial charge is 0.306 e. The summed E-state index contributed by atoms with van der Waals surface area (Å²) in [7, 11) is 0. The van der Waals surface area contributed by atoms with Gasteiger partial charge in [0, 0.05) is 24.8 Å². The van der Waals surface area contributed by atoms with E-state index in [2.05, 4.69) is 0 Å².